The summed E-state index contributed by atoms with van der Waals surface area (Å²) >= 11 is 6.15. The molecular weight excluding hydrogens is 494 g/mol. The Hall–Kier alpha value is -3.79. The first-order valence-electron chi connectivity index (χ1n) is 13.1. The van der Waals surface area contributed by atoms with Crippen LogP contribution in [0.3, 0.4) is 0 Å². The van der Waals surface area contributed by atoms with Gasteiger partial charge in [-0.15, -0.1) is 0 Å². The van der Waals surface area contributed by atoms with E-state index in [1.807, 2.05) is 35.2 Å². The van der Waals surface area contributed by atoms with Gasteiger partial charge in [0, 0.05) is 69.3 Å². The zero-order chi connectivity index (χ0) is 26.3. The Kier molecular flexibility index (Phi) is 8.28. The van der Waals surface area contributed by atoms with Crippen LogP contribution >= 0.6 is 11.6 Å². The second-order valence-electron chi connectivity index (χ2n) is 9.71. The van der Waals surface area contributed by atoms with Gasteiger partial charge in [-0.3, -0.25) is 9.69 Å². The average Bonchev–Trinajstić information content (AvgIpc) is 2.97. The molecular formula is C31H32ClN5O. The van der Waals surface area contributed by atoms with Crippen molar-refractivity contribution < 1.29 is 4.79 Å². The number of benzene rings is 3. The topological polar surface area (TPSA) is 53.8 Å². The van der Waals surface area contributed by atoms with Crippen LogP contribution in [-0.2, 0) is 4.79 Å². The van der Waals surface area contributed by atoms with E-state index >= 15 is 0 Å². The van der Waals surface area contributed by atoms with Crippen molar-refractivity contribution in [2.75, 3.05) is 57.3 Å². The molecule has 2 aliphatic heterocycles. The summed E-state index contributed by atoms with van der Waals surface area (Å²) in [5.74, 6) is -0.180. The maximum atomic E-state index is 13.3. The zero-order valence-electron chi connectivity index (χ0n) is 21.4. The van der Waals surface area contributed by atoms with Gasteiger partial charge in [0.1, 0.15) is 11.6 Å². The van der Waals surface area contributed by atoms with E-state index in [4.69, 9.17) is 11.6 Å². The van der Waals surface area contributed by atoms with Gasteiger partial charge in [-0.2, -0.15) is 5.26 Å². The van der Waals surface area contributed by atoms with E-state index in [9.17, 15) is 10.1 Å². The standard InChI is InChI=1S/C31H32ClN5O/c32-28-12-7-13-29(22-28)35-16-14-34(15-17-35)24-27(23-33)31(38)37-20-18-36(19-21-37)30(25-8-3-1-4-9-25)26-10-5-2-6-11-26/h1-13,22,24,30H,14-21H2/b27-24-. The number of rotatable bonds is 6. The van der Waals surface area contributed by atoms with Crippen molar-refractivity contribution in [3.63, 3.8) is 0 Å². The molecule has 0 bridgehead atoms. The molecule has 5 rings (SSSR count). The van der Waals surface area contributed by atoms with E-state index in [-0.39, 0.29) is 17.5 Å². The Morgan fingerprint density at radius 2 is 1.39 bits per heavy atom. The van der Waals surface area contributed by atoms with Gasteiger partial charge in [-0.25, -0.2) is 0 Å². The van der Waals surface area contributed by atoms with E-state index in [2.05, 4.69) is 75.4 Å². The fourth-order valence-electron chi connectivity index (χ4n) is 5.33. The van der Waals surface area contributed by atoms with Crippen LogP contribution in [0.25, 0.3) is 0 Å². The fraction of sp³-hybridized carbons (Fsp3) is 0.290. The largest absolute Gasteiger partial charge is 0.373 e. The zero-order valence-corrected chi connectivity index (χ0v) is 22.2. The summed E-state index contributed by atoms with van der Waals surface area (Å²) in [5.41, 5.74) is 3.79. The monoisotopic (exact) mass is 525 g/mol. The number of anilines is 1. The fourth-order valence-corrected chi connectivity index (χ4v) is 5.52. The van der Waals surface area contributed by atoms with E-state index < -0.39 is 0 Å². The first-order chi connectivity index (χ1) is 18.6. The molecule has 6 nitrogen and oxygen atoms in total. The lowest BCUT2D eigenvalue weighted by Crippen LogP contribution is -2.50. The third-order valence-electron chi connectivity index (χ3n) is 7.35. The highest BCUT2D eigenvalue weighted by Crippen LogP contribution is 2.29. The van der Waals surface area contributed by atoms with Crippen molar-refractivity contribution in [3.05, 3.63) is 113 Å². The minimum absolute atomic E-state index is 0.136. The summed E-state index contributed by atoms with van der Waals surface area (Å²) in [6, 6.07) is 31.2. The van der Waals surface area contributed by atoms with Crippen LogP contribution in [-0.4, -0.2) is 73.0 Å². The second-order valence-corrected chi connectivity index (χ2v) is 10.1. The van der Waals surface area contributed by atoms with Gasteiger partial charge in [-0.05, 0) is 29.3 Å². The molecule has 0 aliphatic carbocycles. The average molecular weight is 526 g/mol. The molecule has 2 fully saturated rings. The van der Waals surface area contributed by atoms with E-state index in [0.29, 0.717) is 13.1 Å². The lowest BCUT2D eigenvalue weighted by molar-refractivity contribution is -0.128. The Balaban J connectivity index is 1.21. The first kappa shape index (κ1) is 25.8. The van der Waals surface area contributed by atoms with Gasteiger partial charge >= 0.3 is 0 Å². The number of piperazine rings is 2. The molecule has 2 saturated heterocycles. The number of nitrogens with zero attached hydrogens (tertiary/aromatic N) is 5. The Morgan fingerprint density at radius 1 is 0.789 bits per heavy atom. The van der Waals surface area contributed by atoms with Crippen LogP contribution in [0, 0.1) is 11.3 Å². The van der Waals surface area contributed by atoms with Crippen molar-refractivity contribution in [1.82, 2.24) is 14.7 Å². The van der Waals surface area contributed by atoms with Crippen LogP contribution in [0.1, 0.15) is 17.2 Å². The molecule has 1 amide bonds. The highest BCUT2D eigenvalue weighted by Gasteiger charge is 2.29. The van der Waals surface area contributed by atoms with Crippen molar-refractivity contribution >= 4 is 23.2 Å². The molecule has 3 aromatic rings. The van der Waals surface area contributed by atoms with Crippen molar-refractivity contribution in [1.29, 1.82) is 5.26 Å². The highest BCUT2D eigenvalue weighted by molar-refractivity contribution is 6.30. The summed E-state index contributed by atoms with van der Waals surface area (Å²) in [5, 5.41) is 10.6. The van der Waals surface area contributed by atoms with Gasteiger partial charge in [-0.1, -0.05) is 78.3 Å². The SMILES string of the molecule is N#C/C(=C/N1CCN(c2cccc(Cl)c2)CC1)C(=O)N1CCN(C(c2ccccc2)c2ccccc2)CC1. The third kappa shape index (κ3) is 6.02. The van der Waals surface area contributed by atoms with Gasteiger partial charge < -0.3 is 14.7 Å². The Bertz CT molecular complexity index is 1250. The van der Waals surface area contributed by atoms with Crippen LogP contribution in [0.5, 0.6) is 0 Å². The maximum absolute atomic E-state index is 13.3. The molecule has 0 spiro atoms. The smallest absolute Gasteiger partial charge is 0.266 e. The number of amides is 1. The molecule has 194 valence electrons. The van der Waals surface area contributed by atoms with Crippen LogP contribution < -0.4 is 4.90 Å². The summed E-state index contributed by atoms with van der Waals surface area (Å²) in [6.45, 7) is 5.79. The second kappa shape index (κ2) is 12.2. The van der Waals surface area contributed by atoms with Gasteiger partial charge in [0.25, 0.3) is 5.91 Å². The van der Waals surface area contributed by atoms with E-state index in [1.165, 1.54) is 11.1 Å². The summed E-state index contributed by atoms with van der Waals surface area (Å²) in [4.78, 5) is 21.9. The molecule has 0 aromatic heterocycles. The van der Waals surface area contributed by atoms with Crippen LogP contribution in [0.2, 0.25) is 5.02 Å². The molecule has 0 N–H and O–H groups in total. The number of halogens is 1. The van der Waals surface area contributed by atoms with Crippen LogP contribution in [0.4, 0.5) is 5.69 Å². The van der Waals surface area contributed by atoms with Gasteiger partial charge in [0.2, 0.25) is 0 Å². The molecule has 3 aromatic carbocycles. The number of hydrogen-bond acceptors (Lipinski definition) is 5. The summed E-state index contributed by atoms with van der Waals surface area (Å²) in [7, 11) is 0. The van der Waals surface area contributed by atoms with Gasteiger partial charge in [0.15, 0.2) is 0 Å². The number of hydrogen-bond donors (Lipinski definition) is 0. The normalized spacial score (nSPS) is 17.0. The lowest BCUT2D eigenvalue weighted by atomic mass is 9.96. The number of carbonyl (C=O) groups excluding carboxylic acids is 1. The molecule has 38 heavy (non-hydrogen) atoms. The number of carbonyl (C=O) groups is 1. The van der Waals surface area contributed by atoms with Crippen molar-refractivity contribution in [3.8, 4) is 6.07 Å². The highest BCUT2D eigenvalue weighted by atomic mass is 35.5. The molecule has 0 saturated carbocycles. The Labute approximate surface area is 229 Å². The predicted octanol–water partition coefficient (Wildman–Crippen LogP) is 4.80. The number of nitriles is 1. The third-order valence-corrected chi connectivity index (χ3v) is 7.58. The van der Waals surface area contributed by atoms with Gasteiger partial charge in [0.05, 0.1) is 6.04 Å². The molecule has 0 atom stereocenters. The van der Waals surface area contributed by atoms with Crippen molar-refractivity contribution in [2.24, 2.45) is 0 Å². The van der Waals surface area contributed by atoms with E-state index in [1.54, 1.807) is 6.20 Å². The molecule has 0 unspecified atom stereocenters. The molecule has 7 heteroatoms. The Morgan fingerprint density at radius 3 is 1.95 bits per heavy atom. The summed E-state index contributed by atoms with van der Waals surface area (Å²) in [6.07, 6.45) is 1.75. The minimum Gasteiger partial charge on any atom is -0.373 e. The molecule has 2 aliphatic rings. The van der Waals surface area contributed by atoms with E-state index in [0.717, 1.165) is 50.0 Å². The minimum atomic E-state index is -0.180. The lowest BCUT2D eigenvalue weighted by Gasteiger charge is -2.40. The molecule has 0 radical (unpaired) electrons. The van der Waals surface area contributed by atoms with Crippen molar-refractivity contribution in [2.45, 2.75) is 6.04 Å². The van der Waals surface area contributed by atoms with Crippen LogP contribution in [0.15, 0.2) is 96.7 Å². The maximum Gasteiger partial charge on any atom is 0.266 e. The predicted molar refractivity (Wildman–Crippen MR) is 152 cm³/mol. The summed E-state index contributed by atoms with van der Waals surface area (Å²) < 4.78 is 0. The quantitative estimate of drug-likeness (QED) is 0.342. The molecule has 2 heterocycles. The first-order valence-corrected chi connectivity index (χ1v) is 13.5.